The Hall–Kier alpha value is -2.62. The Morgan fingerprint density at radius 2 is 1.68 bits per heavy atom. The van der Waals surface area contributed by atoms with Gasteiger partial charge < -0.3 is 9.64 Å². The van der Waals surface area contributed by atoms with Crippen molar-refractivity contribution in [3.05, 3.63) is 65.2 Å². The van der Waals surface area contributed by atoms with Gasteiger partial charge in [-0.05, 0) is 48.6 Å². The van der Waals surface area contributed by atoms with E-state index in [4.69, 9.17) is 4.74 Å². The Balaban J connectivity index is 1.66. The van der Waals surface area contributed by atoms with Gasteiger partial charge in [0.05, 0.1) is 5.56 Å². The van der Waals surface area contributed by atoms with Crippen LogP contribution in [0.1, 0.15) is 48.2 Å². The van der Waals surface area contributed by atoms with Gasteiger partial charge in [0, 0.05) is 12.2 Å². The third kappa shape index (κ3) is 3.58. The van der Waals surface area contributed by atoms with Gasteiger partial charge in [-0.15, -0.1) is 0 Å². The molecule has 0 N–H and O–H groups in total. The first kappa shape index (κ1) is 17.2. The summed E-state index contributed by atoms with van der Waals surface area (Å²) >= 11 is 0. The van der Waals surface area contributed by atoms with E-state index >= 15 is 0 Å². The number of fused-ring (bicyclic) bond motifs is 1. The van der Waals surface area contributed by atoms with Gasteiger partial charge in [-0.1, -0.05) is 44.2 Å². The SMILES string of the molecule is CC(C)c1ccc(C(=O)O[C@H](C)C(=O)N2CCc3ccccc32)cc1. The van der Waals surface area contributed by atoms with Gasteiger partial charge in [-0.25, -0.2) is 4.79 Å². The Bertz CT molecular complexity index is 780. The fourth-order valence-electron chi connectivity index (χ4n) is 3.07. The minimum Gasteiger partial charge on any atom is -0.449 e. The number of hydrogen-bond acceptors (Lipinski definition) is 3. The van der Waals surface area contributed by atoms with Crippen molar-refractivity contribution in [1.82, 2.24) is 0 Å². The normalized spacial score (nSPS) is 14.3. The second-order valence-corrected chi connectivity index (χ2v) is 6.69. The predicted octanol–water partition coefficient (Wildman–Crippen LogP) is 3.94. The molecule has 0 spiro atoms. The van der Waals surface area contributed by atoms with Gasteiger partial charge in [0.15, 0.2) is 6.10 Å². The van der Waals surface area contributed by atoms with Crippen molar-refractivity contribution in [2.45, 2.75) is 39.2 Å². The van der Waals surface area contributed by atoms with Crippen LogP contribution in [-0.2, 0) is 16.0 Å². The van der Waals surface area contributed by atoms with E-state index in [0.717, 1.165) is 23.2 Å². The molecule has 0 saturated carbocycles. The van der Waals surface area contributed by atoms with Crippen LogP contribution in [0, 0.1) is 0 Å². The summed E-state index contributed by atoms with van der Waals surface area (Å²) in [7, 11) is 0. The van der Waals surface area contributed by atoms with Crippen molar-refractivity contribution in [2.75, 3.05) is 11.4 Å². The Morgan fingerprint density at radius 3 is 2.36 bits per heavy atom. The highest BCUT2D eigenvalue weighted by atomic mass is 16.5. The lowest BCUT2D eigenvalue weighted by molar-refractivity contribution is -0.126. The molecule has 1 atom stereocenters. The van der Waals surface area contributed by atoms with Gasteiger partial charge in [0.2, 0.25) is 0 Å². The monoisotopic (exact) mass is 337 g/mol. The van der Waals surface area contributed by atoms with Crippen molar-refractivity contribution in [1.29, 1.82) is 0 Å². The van der Waals surface area contributed by atoms with Crippen molar-refractivity contribution < 1.29 is 14.3 Å². The maximum atomic E-state index is 12.7. The third-order valence-electron chi connectivity index (χ3n) is 4.60. The van der Waals surface area contributed by atoms with Crippen LogP contribution in [0.25, 0.3) is 0 Å². The van der Waals surface area contributed by atoms with E-state index in [2.05, 4.69) is 13.8 Å². The van der Waals surface area contributed by atoms with E-state index in [1.165, 1.54) is 0 Å². The number of esters is 1. The van der Waals surface area contributed by atoms with Crippen LogP contribution in [0.2, 0.25) is 0 Å². The number of hydrogen-bond donors (Lipinski definition) is 0. The fourth-order valence-corrected chi connectivity index (χ4v) is 3.07. The van der Waals surface area contributed by atoms with Gasteiger partial charge in [-0.2, -0.15) is 0 Å². The number of rotatable bonds is 4. The summed E-state index contributed by atoms with van der Waals surface area (Å²) < 4.78 is 5.40. The fraction of sp³-hybridized carbons (Fsp3) is 0.333. The number of para-hydroxylation sites is 1. The maximum absolute atomic E-state index is 12.7. The molecule has 25 heavy (non-hydrogen) atoms. The largest absolute Gasteiger partial charge is 0.449 e. The van der Waals surface area contributed by atoms with E-state index in [9.17, 15) is 9.59 Å². The lowest BCUT2D eigenvalue weighted by Gasteiger charge is -2.21. The first-order valence-corrected chi connectivity index (χ1v) is 8.67. The van der Waals surface area contributed by atoms with Crippen LogP contribution in [0.15, 0.2) is 48.5 Å². The molecule has 2 aromatic rings. The number of carbonyl (C=O) groups excluding carboxylic acids is 2. The zero-order valence-corrected chi connectivity index (χ0v) is 14.9. The first-order chi connectivity index (χ1) is 12.0. The van der Waals surface area contributed by atoms with Crippen molar-refractivity contribution >= 4 is 17.6 Å². The van der Waals surface area contributed by atoms with E-state index < -0.39 is 12.1 Å². The average molecular weight is 337 g/mol. The lowest BCUT2D eigenvalue weighted by Crippen LogP contribution is -2.39. The number of benzene rings is 2. The highest BCUT2D eigenvalue weighted by Gasteiger charge is 2.29. The Labute approximate surface area is 148 Å². The van der Waals surface area contributed by atoms with Gasteiger partial charge >= 0.3 is 5.97 Å². The Morgan fingerprint density at radius 1 is 1.00 bits per heavy atom. The minimum absolute atomic E-state index is 0.183. The molecule has 2 aromatic carbocycles. The lowest BCUT2D eigenvalue weighted by atomic mass is 10.0. The van der Waals surface area contributed by atoms with Gasteiger partial charge in [0.25, 0.3) is 5.91 Å². The molecule has 1 aliphatic heterocycles. The molecular weight excluding hydrogens is 314 g/mol. The molecule has 0 unspecified atom stereocenters. The third-order valence-corrected chi connectivity index (χ3v) is 4.60. The molecular formula is C21H23NO3. The summed E-state index contributed by atoms with van der Waals surface area (Å²) in [5.74, 6) is -0.249. The molecule has 0 saturated heterocycles. The molecule has 130 valence electrons. The van der Waals surface area contributed by atoms with Crippen LogP contribution in [-0.4, -0.2) is 24.5 Å². The molecule has 1 heterocycles. The number of nitrogens with zero attached hydrogens (tertiary/aromatic N) is 1. The summed E-state index contributed by atoms with van der Waals surface area (Å²) in [5, 5.41) is 0. The van der Waals surface area contributed by atoms with E-state index in [0.29, 0.717) is 18.0 Å². The topological polar surface area (TPSA) is 46.6 Å². The highest BCUT2D eigenvalue weighted by molar-refractivity contribution is 6.00. The smallest absolute Gasteiger partial charge is 0.338 e. The van der Waals surface area contributed by atoms with Crippen molar-refractivity contribution in [3.8, 4) is 0 Å². The molecule has 0 bridgehead atoms. The quantitative estimate of drug-likeness (QED) is 0.794. The van der Waals surface area contributed by atoms with E-state index in [1.54, 1.807) is 24.0 Å². The van der Waals surface area contributed by atoms with E-state index in [1.807, 2.05) is 36.4 Å². The summed E-state index contributed by atoms with van der Waals surface area (Å²) in [6.07, 6.45) is 0.0163. The second kappa shape index (κ2) is 7.09. The summed E-state index contributed by atoms with van der Waals surface area (Å²) in [6.45, 7) is 6.46. The second-order valence-electron chi connectivity index (χ2n) is 6.69. The van der Waals surface area contributed by atoms with Crippen molar-refractivity contribution in [3.63, 3.8) is 0 Å². The zero-order valence-electron chi connectivity index (χ0n) is 14.9. The molecule has 4 nitrogen and oxygen atoms in total. The standard InChI is InChI=1S/C21H23NO3/c1-14(2)16-8-10-18(11-9-16)21(24)25-15(3)20(23)22-13-12-17-6-4-5-7-19(17)22/h4-11,14-15H,12-13H2,1-3H3/t15-/m1/s1. The molecule has 0 aliphatic carbocycles. The first-order valence-electron chi connectivity index (χ1n) is 8.67. The molecule has 1 amide bonds. The van der Waals surface area contributed by atoms with Crippen LogP contribution < -0.4 is 4.90 Å². The average Bonchev–Trinajstić information content (AvgIpc) is 3.05. The molecule has 3 rings (SSSR count). The predicted molar refractivity (Wildman–Crippen MR) is 97.9 cm³/mol. The zero-order chi connectivity index (χ0) is 18.0. The minimum atomic E-state index is -0.816. The van der Waals surface area contributed by atoms with Gasteiger partial charge in [0.1, 0.15) is 0 Å². The van der Waals surface area contributed by atoms with E-state index in [-0.39, 0.29) is 5.91 Å². The van der Waals surface area contributed by atoms with Gasteiger partial charge in [-0.3, -0.25) is 4.79 Å². The van der Waals surface area contributed by atoms with Crippen LogP contribution in [0.3, 0.4) is 0 Å². The molecule has 4 heteroatoms. The van der Waals surface area contributed by atoms with Crippen LogP contribution in [0.4, 0.5) is 5.69 Å². The summed E-state index contributed by atoms with van der Waals surface area (Å²) in [5.41, 5.74) is 3.69. The number of amides is 1. The van der Waals surface area contributed by atoms with Crippen molar-refractivity contribution in [2.24, 2.45) is 0 Å². The number of anilines is 1. The Kier molecular flexibility index (Phi) is 4.88. The molecule has 1 aliphatic rings. The number of carbonyl (C=O) groups is 2. The molecule has 0 radical (unpaired) electrons. The van der Waals surface area contributed by atoms with Crippen LogP contribution >= 0.6 is 0 Å². The summed E-state index contributed by atoms with van der Waals surface area (Å²) in [4.78, 5) is 26.7. The highest BCUT2D eigenvalue weighted by Crippen LogP contribution is 2.28. The van der Waals surface area contributed by atoms with Crippen LogP contribution in [0.5, 0.6) is 0 Å². The molecule has 0 aromatic heterocycles. The number of ether oxygens (including phenoxy) is 1. The summed E-state index contributed by atoms with van der Waals surface area (Å²) in [6, 6.07) is 15.2. The molecule has 0 fully saturated rings. The maximum Gasteiger partial charge on any atom is 0.338 e.